The minimum absolute atomic E-state index is 0.158. The number of nitrogens with zero attached hydrogens (tertiary/aromatic N) is 3. The number of aromatic nitrogens is 3. The Balaban J connectivity index is 2.57. The standard InChI is InChI=1S/C10H19N5O/c1-10(2,3)5-6-12-8-13-7(11)14-9(15-8)16-4/h5-6H2,1-4H3,(H3,11,12,13,14,15). The number of rotatable bonds is 4. The largest absolute Gasteiger partial charge is 0.467 e. The molecule has 0 saturated carbocycles. The highest BCUT2D eigenvalue weighted by atomic mass is 16.5. The molecule has 1 aromatic rings. The third-order valence-electron chi connectivity index (χ3n) is 1.97. The summed E-state index contributed by atoms with van der Waals surface area (Å²) in [5.74, 6) is 0.610. The number of methoxy groups -OCH3 is 1. The average molecular weight is 225 g/mol. The van der Waals surface area contributed by atoms with Crippen molar-refractivity contribution in [3.05, 3.63) is 0 Å². The molecule has 3 N–H and O–H groups in total. The molecular weight excluding hydrogens is 206 g/mol. The molecule has 0 aliphatic carbocycles. The Morgan fingerprint density at radius 3 is 2.50 bits per heavy atom. The van der Waals surface area contributed by atoms with Crippen LogP contribution in [0.25, 0.3) is 0 Å². The van der Waals surface area contributed by atoms with Crippen molar-refractivity contribution in [3.63, 3.8) is 0 Å². The maximum atomic E-state index is 5.51. The molecule has 1 rings (SSSR count). The normalized spacial score (nSPS) is 11.2. The van der Waals surface area contributed by atoms with Gasteiger partial charge < -0.3 is 15.8 Å². The van der Waals surface area contributed by atoms with Gasteiger partial charge in [-0.3, -0.25) is 0 Å². The molecule has 0 atom stereocenters. The first-order valence-electron chi connectivity index (χ1n) is 5.20. The Morgan fingerprint density at radius 1 is 1.25 bits per heavy atom. The lowest BCUT2D eigenvalue weighted by Crippen LogP contribution is -2.15. The summed E-state index contributed by atoms with van der Waals surface area (Å²) < 4.78 is 4.90. The molecule has 1 heterocycles. The van der Waals surface area contributed by atoms with E-state index >= 15 is 0 Å². The Morgan fingerprint density at radius 2 is 1.94 bits per heavy atom. The fraction of sp³-hybridized carbons (Fsp3) is 0.700. The average Bonchev–Trinajstić information content (AvgIpc) is 2.14. The molecule has 0 aliphatic rings. The first-order chi connectivity index (χ1) is 7.40. The summed E-state index contributed by atoms with van der Waals surface area (Å²) in [7, 11) is 1.49. The highest BCUT2D eigenvalue weighted by molar-refractivity contribution is 5.32. The predicted molar refractivity (Wildman–Crippen MR) is 63.4 cm³/mol. The summed E-state index contributed by atoms with van der Waals surface area (Å²) in [5.41, 5.74) is 5.78. The van der Waals surface area contributed by atoms with Crippen molar-refractivity contribution in [2.24, 2.45) is 5.41 Å². The van der Waals surface area contributed by atoms with Gasteiger partial charge in [0.15, 0.2) is 0 Å². The van der Waals surface area contributed by atoms with Gasteiger partial charge in [-0.15, -0.1) is 0 Å². The van der Waals surface area contributed by atoms with Gasteiger partial charge in [0, 0.05) is 6.54 Å². The Labute approximate surface area is 95.6 Å². The predicted octanol–water partition coefficient (Wildman–Crippen LogP) is 1.31. The fourth-order valence-corrected chi connectivity index (χ4v) is 1.09. The van der Waals surface area contributed by atoms with Gasteiger partial charge in [-0.2, -0.15) is 15.0 Å². The van der Waals surface area contributed by atoms with Gasteiger partial charge in [0.25, 0.3) is 0 Å². The van der Waals surface area contributed by atoms with Crippen molar-refractivity contribution in [3.8, 4) is 6.01 Å². The van der Waals surface area contributed by atoms with Gasteiger partial charge >= 0.3 is 6.01 Å². The smallest absolute Gasteiger partial charge is 0.322 e. The van der Waals surface area contributed by atoms with Crippen LogP contribution in [-0.2, 0) is 0 Å². The van der Waals surface area contributed by atoms with Crippen LogP contribution < -0.4 is 15.8 Å². The van der Waals surface area contributed by atoms with Crippen LogP contribution in [0.3, 0.4) is 0 Å². The van der Waals surface area contributed by atoms with Crippen molar-refractivity contribution in [2.75, 3.05) is 24.7 Å². The number of hydrogen-bond donors (Lipinski definition) is 2. The van der Waals surface area contributed by atoms with Crippen LogP contribution in [0.4, 0.5) is 11.9 Å². The van der Waals surface area contributed by atoms with Crippen LogP contribution in [0.5, 0.6) is 6.01 Å². The minimum atomic E-state index is 0.158. The quantitative estimate of drug-likeness (QED) is 0.803. The topological polar surface area (TPSA) is 86.0 Å². The van der Waals surface area contributed by atoms with Crippen molar-refractivity contribution in [2.45, 2.75) is 27.2 Å². The summed E-state index contributed by atoms with van der Waals surface area (Å²) >= 11 is 0. The van der Waals surface area contributed by atoms with E-state index in [1.165, 1.54) is 7.11 Å². The number of nitrogens with one attached hydrogen (secondary N) is 1. The lowest BCUT2D eigenvalue weighted by Gasteiger charge is -2.17. The molecule has 6 heteroatoms. The monoisotopic (exact) mass is 225 g/mol. The van der Waals surface area contributed by atoms with Crippen LogP contribution in [-0.4, -0.2) is 28.6 Å². The molecule has 0 aromatic carbocycles. The van der Waals surface area contributed by atoms with Gasteiger partial charge in [-0.05, 0) is 11.8 Å². The lowest BCUT2D eigenvalue weighted by atomic mass is 9.92. The fourth-order valence-electron chi connectivity index (χ4n) is 1.09. The van der Waals surface area contributed by atoms with E-state index in [0.29, 0.717) is 5.95 Å². The van der Waals surface area contributed by atoms with Gasteiger partial charge in [-0.1, -0.05) is 20.8 Å². The minimum Gasteiger partial charge on any atom is -0.467 e. The third kappa shape index (κ3) is 4.29. The zero-order valence-corrected chi connectivity index (χ0v) is 10.2. The summed E-state index contributed by atoms with van der Waals surface area (Å²) in [6, 6.07) is 0.228. The van der Waals surface area contributed by atoms with Crippen molar-refractivity contribution < 1.29 is 4.74 Å². The Kier molecular flexibility index (Phi) is 3.87. The molecule has 0 fully saturated rings. The van der Waals surface area contributed by atoms with E-state index in [2.05, 4.69) is 41.0 Å². The van der Waals surface area contributed by atoms with E-state index in [1.807, 2.05) is 0 Å². The molecule has 0 spiro atoms. The SMILES string of the molecule is COc1nc(N)nc(NCCC(C)(C)C)n1. The number of hydrogen-bond acceptors (Lipinski definition) is 6. The lowest BCUT2D eigenvalue weighted by molar-refractivity contribution is 0.378. The van der Waals surface area contributed by atoms with Crippen LogP contribution in [0.2, 0.25) is 0 Å². The molecule has 0 aliphatic heterocycles. The maximum Gasteiger partial charge on any atom is 0.322 e. The molecule has 0 bridgehead atoms. The molecule has 0 radical (unpaired) electrons. The van der Waals surface area contributed by atoms with E-state index in [4.69, 9.17) is 10.5 Å². The zero-order chi connectivity index (χ0) is 12.2. The second-order valence-electron chi connectivity index (χ2n) is 4.74. The highest BCUT2D eigenvalue weighted by Gasteiger charge is 2.10. The molecule has 6 nitrogen and oxygen atoms in total. The van der Waals surface area contributed by atoms with Crippen LogP contribution >= 0.6 is 0 Å². The van der Waals surface area contributed by atoms with Gasteiger partial charge in [0.05, 0.1) is 7.11 Å². The first-order valence-corrected chi connectivity index (χ1v) is 5.20. The highest BCUT2D eigenvalue weighted by Crippen LogP contribution is 2.18. The Hall–Kier alpha value is -1.59. The van der Waals surface area contributed by atoms with Crippen molar-refractivity contribution >= 4 is 11.9 Å². The molecule has 0 saturated heterocycles. The van der Waals surface area contributed by atoms with E-state index in [0.717, 1.165) is 13.0 Å². The first kappa shape index (κ1) is 12.5. The van der Waals surface area contributed by atoms with Crippen molar-refractivity contribution in [1.29, 1.82) is 0 Å². The third-order valence-corrected chi connectivity index (χ3v) is 1.97. The van der Waals surface area contributed by atoms with Gasteiger partial charge in [0.1, 0.15) is 0 Å². The van der Waals surface area contributed by atoms with E-state index in [1.54, 1.807) is 0 Å². The molecule has 0 unspecified atom stereocenters. The van der Waals surface area contributed by atoms with E-state index < -0.39 is 0 Å². The molecular formula is C10H19N5O. The molecule has 1 aromatic heterocycles. The number of nitrogen functional groups attached to an aromatic ring is 1. The van der Waals surface area contributed by atoms with Gasteiger partial charge in [-0.25, -0.2) is 0 Å². The Bertz CT molecular complexity index is 348. The molecule has 16 heavy (non-hydrogen) atoms. The van der Waals surface area contributed by atoms with E-state index in [9.17, 15) is 0 Å². The van der Waals surface area contributed by atoms with Gasteiger partial charge in [0.2, 0.25) is 11.9 Å². The summed E-state index contributed by atoms with van der Waals surface area (Å²) in [5, 5.41) is 3.09. The van der Waals surface area contributed by atoms with Crippen LogP contribution in [0.15, 0.2) is 0 Å². The van der Waals surface area contributed by atoms with E-state index in [-0.39, 0.29) is 17.4 Å². The maximum absolute atomic E-state index is 5.51. The van der Waals surface area contributed by atoms with Crippen molar-refractivity contribution in [1.82, 2.24) is 15.0 Å². The van der Waals surface area contributed by atoms with Crippen LogP contribution in [0.1, 0.15) is 27.2 Å². The van der Waals surface area contributed by atoms with Crippen LogP contribution in [0, 0.1) is 5.41 Å². The summed E-state index contributed by atoms with van der Waals surface area (Å²) in [4.78, 5) is 11.8. The second-order valence-corrected chi connectivity index (χ2v) is 4.74. The number of anilines is 2. The zero-order valence-electron chi connectivity index (χ0n) is 10.2. The number of nitrogens with two attached hydrogens (primary N) is 1. The second kappa shape index (κ2) is 4.96. The summed E-state index contributed by atoms with van der Waals surface area (Å²) in [6.07, 6.45) is 1.01. The molecule has 90 valence electrons. The number of ether oxygens (including phenoxy) is 1. The molecule has 0 amide bonds. The summed E-state index contributed by atoms with van der Waals surface area (Å²) in [6.45, 7) is 7.32.